The number of anilines is 15. The fraction of sp³-hybridized carbons (Fsp3) is 0.178. The number of fused-ring (bicyclic) bond motifs is 32. The van der Waals surface area contributed by atoms with Crippen molar-refractivity contribution in [2.45, 2.75) is 82.2 Å². The maximum absolute atomic E-state index is 9.21. The van der Waals surface area contributed by atoms with E-state index >= 15 is 0 Å². The van der Waals surface area contributed by atoms with Crippen LogP contribution < -0.4 is 80.3 Å². The predicted molar refractivity (Wildman–Crippen MR) is 470 cm³/mol. The molecule has 550 valence electrons. The lowest BCUT2D eigenvalue weighted by Gasteiger charge is -2.23. The second-order valence-corrected chi connectivity index (χ2v) is 32.6. The molecule has 0 fully saturated rings. The summed E-state index contributed by atoms with van der Waals surface area (Å²) in [5.41, 5.74) is 28.1. The van der Waals surface area contributed by atoms with Gasteiger partial charge in [-0.1, -0.05) is 121 Å². The minimum atomic E-state index is 0.287. The van der Waals surface area contributed by atoms with Crippen LogP contribution in [0.25, 0.3) is 79.5 Å². The summed E-state index contributed by atoms with van der Waals surface area (Å²) in [6.07, 6.45) is 27.9. The Balaban J connectivity index is 0.0000000849. The maximum atomic E-state index is 9.21. The normalized spacial score (nSPS) is 19.1. The number of hydrogen-bond acceptors (Lipinski definition) is 13. The molecule has 0 saturated heterocycles. The van der Waals surface area contributed by atoms with Crippen molar-refractivity contribution in [3.63, 3.8) is 0 Å². The lowest BCUT2D eigenvalue weighted by Crippen LogP contribution is -2.36. The molecule has 13 nitrogen and oxygen atoms in total. The average molecular weight is 1480 g/mol. The van der Waals surface area contributed by atoms with Crippen LogP contribution in [0.5, 0.6) is 0 Å². The predicted octanol–water partition coefficient (Wildman–Crippen LogP) is 16.4. The minimum absolute atomic E-state index is 0.287. The van der Waals surface area contributed by atoms with E-state index in [1.165, 1.54) is 188 Å². The smallest absolute Gasteiger partial charge is 0.110 e. The number of pyridine rings is 1. The number of para-hydroxylation sites is 2. The van der Waals surface area contributed by atoms with Gasteiger partial charge in [-0.3, -0.25) is 4.98 Å². The van der Waals surface area contributed by atoms with E-state index in [0.717, 1.165) is 62.5 Å². The van der Waals surface area contributed by atoms with Gasteiger partial charge in [-0.05, 0) is 261 Å². The molecule has 114 heavy (non-hydrogen) atoms. The van der Waals surface area contributed by atoms with Gasteiger partial charge >= 0.3 is 0 Å². The molecular formula is C101H81N13. The zero-order valence-electron chi connectivity index (χ0n) is 64.3. The Morgan fingerprint density at radius 2 is 0.526 bits per heavy atom. The fourth-order valence-electron chi connectivity index (χ4n) is 20.9. The molecule has 0 spiro atoms. The molecular weight excluding hydrogens is 1400 g/mol. The molecule has 0 radical (unpaired) electrons. The van der Waals surface area contributed by atoms with Gasteiger partial charge in [0.05, 0.1) is 80.1 Å². The van der Waals surface area contributed by atoms with E-state index < -0.39 is 0 Å². The molecule has 5 atom stereocenters. The summed E-state index contributed by atoms with van der Waals surface area (Å²) in [6, 6.07) is 86.1. The SMILES string of the molecule is CN1c2cc3c(cc2N2c4ccc(C#N)cc4CC12)=CCC=3.CN1c2cc3c(cc2N2c4ccccc4CC12)=CCC=3.CN1c2cc3c(cc2N2c4ccncc4CC12)=CCC=3.CN1c2cc3cc4ccccc4cc3cc2N2c3ccc(C#N)cc3CC12.CN1c2cc3cc4ccccc4cc3cc2N2c3ccccc3CC12. The number of aromatic nitrogens is 1. The van der Waals surface area contributed by atoms with Crippen LogP contribution in [0.2, 0.25) is 0 Å². The summed E-state index contributed by atoms with van der Waals surface area (Å²) in [5.74, 6) is 0. The van der Waals surface area contributed by atoms with Gasteiger partial charge in [-0.15, -0.1) is 0 Å². The van der Waals surface area contributed by atoms with Gasteiger partial charge in [-0.2, -0.15) is 10.5 Å². The van der Waals surface area contributed by atoms with E-state index in [0.29, 0.717) is 24.7 Å². The topological polar surface area (TPSA) is 92.9 Å². The molecule has 10 aliphatic heterocycles. The quantitative estimate of drug-likeness (QED) is 0.135. The third-order valence-corrected chi connectivity index (χ3v) is 26.7. The van der Waals surface area contributed by atoms with Gasteiger partial charge in [0.2, 0.25) is 0 Å². The third-order valence-electron chi connectivity index (χ3n) is 26.7. The number of likely N-dealkylation sites (N-methyl/N-ethyl adjacent to an activating group) is 5. The summed E-state index contributed by atoms with van der Waals surface area (Å²) < 4.78 is 0. The molecule has 3 aliphatic carbocycles. The standard InChI is InChI=1S/C24H17N3.C23H18N2.C19H15N3.C18H16N2.C17H15N3/c1-26-22-11-18-9-16-4-2-3-5-17(16)10-19(18)12-23(22)27-21-7-6-15(14-25)8-20(21)13-24(26)27;1-24-21-12-18-10-15-6-2-3-7-16(15)11-19(18)13-22(21)25-20-9-5-4-8-17(20)14-23(24)25;1-21-17-8-13-3-2-4-14(13)9-18(17)22-16-6-5-12(11-20)7-15(16)10-19(21)22;1-19-16-9-12-6-4-7-13(12)10-17(16)20-15-8-3-2-5-14(15)11-18(19)20;1-19-15-7-11-3-2-4-12(11)8-16(15)20-14-5-6-18-10-13(14)9-17(19)20/h2-12,24H,13H2,1H3;2-13,23H,14H2,1H3;3-9,19H,2,10H2,1H3;2-3,5-10,18H,4,11H2,1H3;3-8,10,17H,2,9H2,1H3. The van der Waals surface area contributed by atoms with Crippen molar-refractivity contribution < 1.29 is 0 Å². The van der Waals surface area contributed by atoms with Crippen molar-refractivity contribution in [2.24, 2.45) is 0 Å². The second kappa shape index (κ2) is 25.1. The van der Waals surface area contributed by atoms with Crippen LogP contribution in [0.3, 0.4) is 0 Å². The van der Waals surface area contributed by atoms with E-state index in [9.17, 15) is 5.26 Å². The van der Waals surface area contributed by atoms with E-state index in [-0.39, 0.29) is 6.17 Å². The van der Waals surface area contributed by atoms with Gasteiger partial charge < -0.3 is 49.0 Å². The van der Waals surface area contributed by atoms with Crippen molar-refractivity contribution in [1.29, 1.82) is 10.5 Å². The Morgan fingerprint density at radius 1 is 0.254 bits per heavy atom. The molecule has 1 aromatic heterocycles. The Hall–Kier alpha value is -13.8. The number of rotatable bonds is 0. The van der Waals surface area contributed by atoms with Crippen LogP contribution in [0.1, 0.15) is 58.2 Å². The maximum Gasteiger partial charge on any atom is 0.110 e. The summed E-state index contributed by atoms with van der Waals surface area (Å²) in [5, 5.41) is 36.9. The van der Waals surface area contributed by atoms with Crippen molar-refractivity contribution in [3.8, 4) is 12.1 Å². The number of nitrogens with zero attached hydrogens (tertiary/aromatic N) is 13. The van der Waals surface area contributed by atoms with Crippen LogP contribution in [0, 0.1) is 22.7 Å². The largest absolute Gasteiger partial charge is 0.352 e. The van der Waals surface area contributed by atoms with Crippen molar-refractivity contribution in [2.75, 3.05) is 84.2 Å². The first kappa shape index (κ1) is 66.1. The van der Waals surface area contributed by atoms with Crippen molar-refractivity contribution in [3.05, 3.63) is 307 Å². The molecule has 0 N–H and O–H groups in total. The summed E-state index contributed by atoms with van der Waals surface area (Å²) in [6.45, 7) is 0. The van der Waals surface area contributed by atoms with Gasteiger partial charge in [0.15, 0.2) is 0 Å². The van der Waals surface area contributed by atoms with Crippen LogP contribution in [-0.2, 0) is 32.1 Å². The molecule has 0 bridgehead atoms. The highest BCUT2D eigenvalue weighted by molar-refractivity contribution is 6.06. The van der Waals surface area contributed by atoms with Crippen molar-refractivity contribution in [1.82, 2.24) is 4.98 Å². The Morgan fingerprint density at radius 3 is 0.877 bits per heavy atom. The Kier molecular flexibility index (Phi) is 14.6. The molecule has 5 unspecified atom stereocenters. The lowest BCUT2D eigenvalue weighted by molar-refractivity contribution is 0.703. The molecule has 13 aliphatic rings. The molecule has 0 saturated carbocycles. The van der Waals surface area contributed by atoms with Gasteiger partial charge in [0.25, 0.3) is 0 Å². The first-order chi connectivity index (χ1) is 55.9. The van der Waals surface area contributed by atoms with Crippen LogP contribution >= 0.6 is 0 Å². The first-order valence-electron chi connectivity index (χ1n) is 40.2. The first-order valence-corrected chi connectivity index (χ1v) is 40.2. The van der Waals surface area contributed by atoms with Crippen LogP contribution in [-0.4, -0.2) is 71.1 Å². The molecule has 27 rings (SSSR count). The van der Waals surface area contributed by atoms with Gasteiger partial charge in [0.1, 0.15) is 30.8 Å². The third kappa shape index (κ3) is 9.97. The highest BCUT2D eigenvalue weighted by atomic mass is 15.5. The fourth-order valence-corrected chi connectivity index (χ4v) is 20.9. The highest BCUT2D eigenvalue weighted by Gasteiger charge is 2.46. The van der Waals surface area contributed by atoms with Gasteiger partial charge in [0, 0.05) is 108 Å². The molecule has 0 amide bonds. The molecule has 11 heterocycles. The van der Waals surface area contributed by atoms with E-state index in [1.54, 1.807) is 0 Å². The molecule has 13 aromatic carbocycles. The molecule has 14 aromatic rings. The Labute approximate surface area is 662 Å². The van der Waals surface area contributed by atoms with E-state index in [1.807, 2.05) is 36.7 Å². The number of hydrogen-bond donors (Lipinski definition) is 0. The summed E-state index contributed by atoms with van der Waals surface area (Å²) in [4.78, 5) is 28.6. The van der Waals surface area contributed by atoms with Crippen LogP contribution in [0.15, 0.2) is 237 Å². The summed E-state index contributed by atoms with van der Waals surface area (Å²) >= 11 is 0. The molecule has 13 heteroatoms. The van der Waals surface area contributed by atoms with E-state index in [4.69, 9.17) is 5.26 Å². The second-order valence-electron chi connectivity index (χ2n) is 32.6. The average Bonchev–Trinajstić information content (AvgIpc) is 1.59. The minimum Gasteiger partial charge on any atom is -0.352 e. The summed E-state index contributed by atoms with van der Waals surface area (Å²) in [7, 11) is 11.0. The Bertz CT molecular complexity index is 6950. The monoisotopic (exact) mass is 1480 g/mol. The number of nitriles is 2. The van der Waals surface area contributed by atoms with Crippen molar-refractivity contribution >= 4 is 165 Å². The van der Waals surface area contributed by atoms with E-state index in [2.05, 4.69) is 338 Å². The van der Waals surface area contributed by atoms with Crippen LogP contribution in [0.4, 0.5) is 85.3 Å². The zero-order valence-corrected chi connectivity index (χ0v) is 64.3. The highest BCUT2D eigenvalue weighted by Crippen LogP contribution is 2.55. The zero-order chi connectivity index (χ0) is 76.0. The number of benzene rings is 13. The van der Waals surface area contributed by atoms with Gasteiger partial charge in [-0.25, -0.2) is 0 Å². The lowest BCUT2D eigenvalue weighted by atomic mass is 10.0.